The average molecular weight is 338 g/mol. The first-order valence-corrected chi connectivity index (χ1v) is 7.60. The molecule has 2 aliphatic rings. The van der Waals surface area contributed by atoms with Gasteiger partial charge < -0.3 is 9.47 Å². The van der Waals surface area contributed by atoms with Crippen LogP contribution in [-0.4, -0.2) is 25.1 Å². The second kappa shape index (κ2) is 5.41. The van der Waals surface area contributed by atoms with Gasteiger partial charge in [-0.25, -0.2) is 4.79 Å². The number of nitrogens with zero attached hydrogens (tertiary/aromatic N) is 1. The largest absolute Gasteiger partial charge is 0.348 e. The third-order valence-corrected chi connectivity index (χ3v) is 4.82. The van der Waals surface area contributed by atoms with Gasteiger partial charge in [-0.1, -0.05) is 28.1 Å². The molecule has 1 spiro atoms. The number of benzene rings is 1. The first-order valence-electron chi connectivity index (χ1n) is 6.81. The Bertz CT molecular complexity index is 521. The van der Waals surface area contributed by atoms with E-state index in [1.165, 1.54) is 0 Å². The molecule has 0 radical (unpaired) electrons. The van der Waals surface area contributed by atoms with Crippen molar-refractivity contribution in [2.24, 2.45) is 4.99 Å². The van der Waals surface area contributed by atoms with E-state index in [0.717, 1.165) is 35.7 Å². The number of halogens is 1. The minimum absolute atomic E-state index is 0.447. The molecule has 0 atom stereocenters. The van der Waals surface area contributed by atoms with E-state index < -0.39 is 11.3 Å². The molecule has 4 nitrogen and oxygen atoms in total. The molecule has 0 bridgehead atoms. The predicted molar refractivity (Wildman–Crippen MR) is 77.0 cm³/mol. The van der Waals surface area contributed by atoms with Crippen molar-refractivity contribution < 1.29 is 14.3 Å². The van der Waals surface area contributed by atoms with Gasteiger partial charge >= 0.3 is 0 Å². The summed E-state index contributed by atoms with van der Waals surface area (Å²) in [6.45, 7) is 1.31. The first kappa shape index (κ1) is 14.0. The van der Waals surface area contributed by atoms with Gasteiger partial charge in [0, 0.05) is 17.3 Å². The van der Waals surface area contributed by atoms with Crippen LogP contribution in [0.3, 0.4) is 0 Å². The van der Waals surface area contributed by atoms with Crippen molar-refractivity contribution in [3.8, 4) is 0 Å². The number of carbonyl (C=O) groups excluding carboxylic acids is 1. The van der Waals surface area contributed by atoms with Crippen LogP contribution in [0.2, 0.25) is 0 Å². The maximum atomic E-state index is 10.9. The molecule has 1 aliphatic carbocycles. The monoisotopic (exact) mass is 337 g/mol. The molecular formula is C15H16BrNO3. The highest BCUT2D eigenvalue weighted by Gasteiger charge is 2.47. The zero-order valence-electron chi connectivity index (χ0n) is 11.1. The molecule has 1 aromatic carbocycles. The van der Waals surface area contributed by atoms with Crippen LogP contribution in [0.4, 0.5) is 0 Å². The molecule has 106 valence electrons. The Labute approximate surface area is 126 Å². The molecule has 5 heteroatoms. The van der Waals surface area contributed by atoms with E-state index in [9.17, 15) is 4.79 Å². The van der Waals surface area contributed by atoms with Crippen LogP contribution in [0.25, 0.3) is 0 Å². The molecule has 1 heterocycles. The summed E-state index contributed by atoms with van der Waals surface area (Å²) < 4.78 is 12.5. The minimum Gasteiger partial charge on any atom is -0.348 e. The van der Waals surface area contributed by atoms with E-state index in [0.29, 0.717) is 13.2 Å². The lowest BCUT2D eigenvalue weighted by molar-refractivity contribution is -0.184. The van der Waals surface area contributed by atoms with Gasteiger partial charge in [0.05, 0.1) is 18.8 Å². The van der Waals surface area contributed by atoms with Crippen LogP contribution >= 0.6 is 15.9 Å². The Morgan fingerprint density at radius 2 is 1.65 bits per heavy atom. The van der Waals surface area contributed by atoms with E-state index >= 15 is 0 Å². The van der Waals surface area contributed by atoms with Crippen molar-refractivity contribution in [1.29, 1.82) is 0 Å². The van der Waals surface area contributed by atoms with Crippen LogP contribution in [0.15, 0.2) is 33.7 Å². The van der Waals surface area contributed by atoms with Crippen LogP contribution in [0.5, 0.6) is 0 Å². The standard InChI is InChI=1S/C15H16BrNO3/c16-13-3-1-12(2-4-13)14(17-11-18)5-7-15(8-6-14)19-9-10-20-15/h1-4H,5-10H2. The summed E-state index contributed by atoms with van der Waals surface area (Å²) in [5.74, 6) is -0.447. The second-order valence-electron chi connectivity index (χ2n) is 5.35. The highest BCUT2D eigenvalue weighted by atomic mass is 79.9. The summed E-state index contributed by atoms with van der Waals surface area (Å²) in [5, 5.41) is 0. The quantitative estimate of drug-likeness (QED) is 0.614. The van der Waals surface area contributed by atoms with Crippen molar-refractivity contribution in [1.82, 2.24) is 0 Å². The molecule has 1 aliphatic heterocycles. The Balaban J connectivity index is 1.87. The number of ether oxygens (including phenoxy) is 2. The molecule has 0 unspecified atom stereocenters. The van der Waals surface area contributed by atoms with E-state index in [2.05, 4.69) is 20.9 Å². The number of isocyanates is 1. The molecule has 1 saturated carbocycles. The third-order valence-electron chi connectivity index (χ3n) is 4.29. The Kier molecular flexibility index (Phi) is 3.78. The van der Waals surface area contributed by atoms with Crippen molar-refractivity contribution in [3.05, 3.63) is 34.3 Å². The highest BCUT2D eigenvalue weighted by molar-refractivity contribution is 9.10. The van der Waals surface area contributed by atoms with Gasteiger partial charge in [0.15, 0.2) is 5.79 Å². The Morgan fingerprint density at radius 3 is 2.20 bits per heavy atom. The molecule has 3 rings (SSSR count). The zero-order chi connectivity index (χ0) is 14.1. The van der Waals surface area contributed by atoms with Crippen LogP contribution in [0, 0.1) is 0 Å². The average Bonchev–Trinajstić information content (AvgIpc) is 2.92. The highest BCUT2D eigenvalue weighted by Crippen LogP contribution is 2.47. The number of hydrogen-bond donors (Lipinski definition) is 0. The van der Waals surface area contributed by atoms with Gasteiger partial charge in [-0.15, -0.1) is 0 Å². The summed E-state index contributed by atoms with van der Waals surface area (Å²) in [6, 6.07) is 7.98. The van der Waals surface area contributed by atoms with Gasteiger partial charge in [-0.05, 0) is 30.5 Å². The fourth-order valence-corrected chi connectivity index (χ4v) is 3.41. The maximum Gasteiger partial charge on any atom is 0.235 e. The normalized spacial score (nSPS) is 23.4. The Hall–Kier alpha value is -1.00. The van der Waals surface area contributed by atoms with Crippen molar-refractivity contribution in [2.45, 2.75) is 37.0 Å². The lowest BCUT2D eigenvalue weighted by Crippen LogP contribution is -2.41. The van der Waals surface area contributed by atoms with E-state index in [1.54, 1.807) is 6.08 Å². The lowest BCUT2D eigenvalue weighted by atomic mass is 9.75. The van der Waals surface area contributed by atoms with E-state index in [1.807, 2.05) is 24.3 Å². The molecule has 1 saturated heterocycles. The predicted octanol–water partition coefficient (Wildman–Crippen LogP) is 3.30. The molecule has 2 fully saturated rings. The zero-order valence-corrected chi connectivity index (χ0v) is 12.7. The summed E-state index contributed by atoms with van der Waals surface area (Å²) in [6.07, 6.45) is 4.75. The first-order chi connectivity index (χ1) is 9.68. The number of aliphatic imine (C=N–C) groups is 1. The fraction of sp³-hybridized carbons (Fsp3) is 0.533. The SMILES string of the molecule is O=C=NC1(c2ccc(Br)cc2)CCC2(CC1)OCCO2. The lowest BCUT2D eigenvalue weighted by Gasteiger charge is -2.40. The smallest absolute Gasteiger partial charge is 0.235 e. The van der Waals surface area contributed by atoms with Crippen LogP contribution < -0.4 is 0 Å². The van der Waals surface area contributed by atoms with Crippen LogP contribution in [0.1, 0.15) is 31.2 Å². The molecule has 20 heavy (non-hydrogen) atoms. The van der Waals surface area contributed by atoms with Gasteiger partial charge in [0.2, 0.25) is 6.08 Å². The van der Waals surface area contributed by atoms with E-state index in [-0.39, 0.29) is 0 Å². The van der Waals surface area contributed by atoms with Crippen molar-refractivity contribution in [3.63, 3.8) is 0 Å². The third kappa shape index (κ3) is 2.47. The summed E-state index contributed by atoms with van der Waals surface area (Å²) in [7, 11) is 0. The maximum absolute atomic E-state index is 10.9. The molecule has 0 N–H and O–H groups in total. The van der Waals surface area contributed by atoms with Gasteiger partial charge in [0.1, 0.15) is 0 Å². The summed E-state index contributed by atoms with van der Waals surface area (Å²) >= 11 is 3.43. The van der Waals surface area contributed by atoms with Crippen LogP contribution in [-0.2, 0) is 19.8 Å². The fourth-order valence-electron chi connectivity index (χ4n) is 3.14. The molecule has 1 aromatic rings. The van der Waals surface area contributed by atoms with E-state index in [4.69, 9.17) is 9.47 Å². The second-order valence-corrected chi connectivity index (χ2v) is 6.26. The number of rotatable bonds is 2. The van der Waals surface area contributed by atoms with Gasteiger partial charge in [-0.2, -0.15) is 4.99 Å². The van der Waals surface area contributed by atoms with Gasteiger partial charge in [-0.3, -0.25) is 0 Å². The minimum atomic E-state index is -0.483. The summed E-state index contributed by atoms with van der Waals surface area (Å²) in [5.41, 5.74) is 0.570. The molecule has 0 aromatic heterocycles. The van der Waals surface area contributed by atoms with Gasteiger partial charge in [0.25, 0.3) is 0 Å². The van der Waals surface area contributed by atoms with Crippen molar-refractivity contribution >= 4 is 22.0 Å². The molecule has 0 amide bonds. The summed E-state index contributed by atoms with van der Waals surface area (Å²) in [4.78, 5) is 15.0. The van der Waals surface area contributed by atoms with Crippen molar-refractivity contribution in [2.75, 3.05) is 13.2 Å². The Morgan fingerprint density at radius 1 is 1.05 bits per heavy atom. The topological polar surface area (TPSA) is 47.9 Å². The molecular weight excluding hydrogens is 322 g/mol. The number of hydrogen-bond acceptors (Lipinski definition) is 4.